The molecule has 5 N–H and O–H groups in total. The van der Waals surface area contributed by atoms with Crippen LogP contribution in [0.2, 0.25) is 5.02 Å². The lowest BCUT2D eigenvalue weighted by Gasteiger charge is -2.23. The molecule has 1 aromatic heterocycles. The van der Waals surface area contributed by atoms with Gasteiger partial charge in [0.05, 0.1) is 0 Å². The van der Waals surface area contributed by atoms with Crippen molar-refractivity contribution < 1.29 is 9.90 Å². The van der Waals surface area contributed by atoms with Gasteiger partial charge in [-0.1, -0.05) is 17.7 Å². The van der Waals surface area contributed by atoms with Crippen molar-refractivity contribution in [2.24, 2.45) is 0 Å². The average molecular weight is 447 g/mol. The van der Waals surface area contributed by atoms with Crippen LogP contribution in [0.15, 0.2) is 36.4 Å². The van der Waals surface area contributed by atoms with E-state index in [1.165, 1.54) is 0 Å². The van der Waals surface area contributed by atoms with Crippen LogP contribution in [0.25, 0.3) is 22.2 Å². The Hall–Kier alpha value is -2.09. The van der Waals surface area contributed by atoms with Gasteiger partial charge in [-0.05, 0) is 61.8 Å². The number of aliphatic hydroxyl groups excluding tert-OH is 1. The number of carbonyl (C=O) groups is 1. The molecular formula is C22H24Cl2N4O2. The van der Waals surface area contributed by atoms with Gasteiger partial charge >= 0.3 is 0 Å². The summed E-state index contributed by atoms with van der Waals surface area (Å²) in [4.78, 5) is 16.1. The average Bonchev–Trinajstić information content (AvgIpc) is 3.33. The van der Waals surface area contributed by atoms with E-state index in [4.69, 9.17) is 11.6 Å². The number of piperidine rings is 1. The molecule has 3 heterocycles. The summed E-state index contributed by atoms with van der Waals surface area (Å²) in [7, 11) is 0. The van der Waals surface area contributed by atoms with Gasteiger partial charge in [-0.3, -0.25) is 10.1 Å². The van der Waals surface area contributed by atoms with Gasteiger partial charge in [-0.25, -0.2) is 0 Å². The van der Waals surface area contributed by atoms with Gasteiger partial charge in [-0.2, -0.15) is 0 Å². The zero-order chi connectivity index (χ0) is 20.0. The van der Waals surface area contributed by atoms with Crippen LogP contribution in [0.4, 0.5) is 0 Å². The maximum absolute atomic E-state index is 12.7. The minimum atomic E-state index is -0.739. The number of nitrogens with one attached hydrogen (secondary N) is 4. The van der Waals surface area contributed by atoms with E-state index in [1.54, 1.807) is 0 Å². The molecule has 1 saturated heterocycles. The molecule has 1 amide bonds. The number of H-pyrrole nitrogens is 1. The van der Waals surface area contributed by atoms with Gasteiger partial charge in [0.25, 0.3) is 5.91 Å². The normalized spacial score (nSPS) is 18.8. The van der Waals surface area contributed by atoms with Gasteiger partial charge in [0.15, 0.2) is 0 Å². The van der Waals surface area contributed by atoms with Crippen LogP contribution in [-0.2, 0) is 6.54 Å². The zero-order valence-corrected chi connectivity index (χ0v) is 17.9. The second-order valence-electron chi connectivity index (χ2n) is 7.75. The Labute approximate surface area is 185 Å². The number of hydrogen-bond donors (Lipinski definition) is 5. The fourth-order valence-corrected chi connectivity index (χ4v) is 4.55. The molecule has 2 aliphatic rings. The maximum atomic E-state index is 12.7. The molecule has 2 aliphatic heterocycles. The molecule has 5 rings (SSSR count). The van der Waals surface area contributed by atoms with Crippen molar-refractivity contribution in [1.82, 2.24) is 20.9 Å². The lowest BCUT2D eigenvalue weighted by molar-refractivity contribution is 0.0929. The zero-order valence-electron chi connectivity index (χ0n) is 16.3. The number of aromatic amines is 1. The SMILES string of the molecule is Cl.O=C(NC1CCNCC1)c1ccc2[nH]c(-c3ccc(Cl)c4c3C(O)NC4)cc2c1. The molecule has 0 aliphatic carbocycles. The lowest BCUT2D eigenvalue weighted by atomic mass is 10.00. The Kier molecular flexibility index (Phi) is 6.04. The summed E-state index contributed by atoms with van der Waals surface area (Å²) in [6, 6.07) is 11.7. The summed E-state index contributed by atoms with van der Waals surface area (Å²) >= 11 is 6.30. The Balaban J connectivity index is 0.00000218. The van der Waals surface area contributed by atoms with E-state index in [1.807, 2.05) is 36.4 Å². The topological polar surface area (TPSA) is 89.2 Å². The van der Waals surface area contributed by atoms with E-state index >= 15 is 0 Å². The molecular weight excluding hydrogens is 423 g/mol. The smallest absolute Gasteiger partial charge is 0.251 e. The summed E-state index contributed by atoms with van der Waals surface area (Å²) in [5, 5.41) is 21.4. The summed E-state index contributed by atoms with van der Waals surface area (Å²) in [6.45, 7) is 2.43. The first-order valence-electron chi connectivity index (χ1n) is 9.97. The number of hydrogen-bond acceptors (Lipinski definition) is 4. The van der Waals surface area contributed by atoms with Crippen molar-refractivity contribution in [2.45, 2.75) is 31.7 Å². The molecule has 1 unspecified atom stereocenters. The third-order valence-electron chi connectivity index (χ3n) is 5.89. The molecule has 158 valence electrons. The molecule has 0 bridgehead atoms. The number of amides is 1. The van der Waals surface area contributed by atoms with Crippen LogP contribution < -0.4 is 16.0 Å². The van der Waals surface area contributed by atoms with E-state index < -0.39 is 6.23 Å². The molecule has 3 aromatic rings. The number of carbonyl (C=O) groups excluding carboxylic acids is 1. The summed E-state index contributed by atoms with van der Waals surface area (Å²) in [5.74, 6) is -0.0337. The van der Waals surface area contributed by atoms with Gasteiger partial charge in [0.1, 0.15) is 6.23 Å². The molecule has 2 aromatic carbocycles. The fraction of sp³-hybridized carbons (Fsp3) is 0.318. The van der Waals surface area contributed by atoms with Crippen molar-refractivity contribution >= 4 is 40.8 Å². The first kappa shape index (κ1) is 21.2. The summed E-state index contributed by atoms with van der Waals surface area (Å²) in [6.07, 6.45) is 1.18. The molecule has 6 nitrogen and oxygen atoms in total. The third kappa shape index (κ3) is 3.82. The van der Waals surface area contributed by atoms with E-state index in [-0.39, 0.29) is 24.4 Å². The number of halogens is 2. The minimum Gasteiger partial charge on any atom is -0.374 e. The molecule has 0 spiro atoms. The van der Waals surface area contributed by atoms with Crippen molar-refractivity contribution in [1.29, 1.82) is 0 Å². The van der Waals surface area contributed by atoms with Crippen molar-refractivity contribution in [3.63, 3.8) is 0 Å². The number of aliphatic hydroxyl groups is 1. The number of benzene rings is 2. The predicted molar refractivity (Wildman–Crippen MR) is 121 cm³/mol. The van der Waals surface area contributed by atoms with Gasteiger partial charge < -0.3 is 20.7 Å². The van der Waals surface area contributed by atoms with Crippen LogP contribution >= 0.6 is 24.0 Å². The summed E-state index contributed by atoms with van der Waals surface area (Å²) in [5.41, 5.74) is 5.16. The van der Waals surface area contributed by atoms with Crippen LogP contribution in [0.3, 0.4) is 0 Å². The Morgan fingerprint density at radius 2 is 1.93 bits per heavy atom. The minimum absolute atomic E-state index is 0. The van der Waals surface area contributed by atoms with Crippen molar-refractivity contribution in [2.75, 3.05) is 13.1 Å². The third-order valence-corrected chi connectivity index (χ3v) is 6.25. The van der Waals surface area contributed by atoms with E-state index in [9.17, 15) is 9.90 Å². The van der Waals surface area contributed by atoms with Gasteiger partial charge in [-0.15, -0.1) is 12.4 Å². The maximum Gasteiger partial charge on any atom is 0.251 e. The molecule has 0 saturated carbocycles. The second-order valence-corrected chi connectivity index (χ2v) is 8.16. The first-order chi connectivity index (χ1) is 14.1. The highest BCUT2D eigenvalue weighted by Crippen LogP contribution is 2.38. The molecule has 8 heteroatoms. The fourth-order valence-electron chi connectivity index (χ4n) is 4.32. The van der Waals surface area contributed by atoms with E-state index in [2.05, 4.69) is 20.9 Å². The quantitative estimate of drug-likeness (QED) is 0.426. The highest BCUT2D eigenvalue weighted by molar-refractivity contribution is 6.31. The van der Waals surface area contributed by atoms with Gasteiger partial charge in [0, 0.05) is 50.9 Å². The number of aromatic nitrogens is 1. The summed E-state index contributed by atoms with van der Waals surface area (Å²) < 4.78 is 0. The molecule has 0 radical (unpaired) electrons. The second kappa shape index (κ2) is 8.57. The lowest BCUT2D eigenvalue weighted by Crippen LogP contribution is -2.42. The van der Waals surface area contributed by atoms with Crippen LogP contribution in [0.5, 0.6) is 0 Å². The number of rotatable bonds is 3. The van der Waals surface area contributed by atoms with Crippen molar-refractivity contribution in [3.05, 3.63) is 58.1 Å². The largest absolute Gasteiger partial charge is 0.374 e. The first-order valence-corrected chi connectivity index (χ1v) is 10.4. The highest BCUT2D eigenvalue weighted by Gasteiger charge is 2.26. The van der Waals surface area contributed by atoms with Crippen molar-refractivity contribution in [3.8, 4) is 11.3 Å². The van der Waals surface area contributed by atoms with E-state index in [0.29, 0.717) is 17.1 Å². The highest BCUT2D eigenvalue weighted by atomic mass is 35.5. The van der Waals surface area contributed by atoms with Crippen LogP contribution in [-0.4, -0.2) is 35.1 Å². The molecule has 1 fully saturated rings. The number of fused-ring (bicyclic) bond motifs is 2. The standard InChI is InChI=1S/C22H23ClN4O2.ClH/c23-17-3-2-15(20-16(17)11-25-22(20)29)19-10-13-9-12(1-4-18(13)27-19)21(28)26-14-5-7-24-8-6-14;/h1-4,9-10,14,22,24-25,27,29H,5-8,11H2,(H,26,28);1H. The van der Waals surface area contributed by atoms with Crippen LogP contribution in [0.1, 0.15) is 40.6 Å². The van der Waals surface area contributed by atoms with Crippen LogP contribution in [0, 0.1) is 0 Å². The Morgan fingerprint density at radius 3 is 2.73 bits per heavy atom. The predicted octanol–water partition coefficient (Wildman–Crippen LogP) is 3.49. The molecule has 1 atom stereocenters. The molecule has 30 heavy (non-hydrogen) atoms. The Morgan fingerprint density at radius 1 is 1.13 bits per heavy atom. The van der Waals surface area contributed by atoms with E-state index in [0.717, 1.165) is 59.2 Å². The Bertz CT molecular complexity index is 1090. The monoisotopic (exact) mass is 446 g/mol. The van der Waals surface area contributed by atoms with Gasteiger partial charge in [0.2, 0.25) is 0 Å².